The Labute approximate surface area is 49.9 Å². The molecule has 0 bridgehead atoms. The molecule has 0 aliphatic rings. The third kappa shape index (κ3) is 1.75. The van der Waals surface area contributed by atoms with Gasteiger partial charge in [0.2, 0.25) is 0 Å². The Bertz CT molecular complexity index is 54.0. The molecule has 0 amide bonds. The van der Waals surface area contributed by atoms with Gasteiger partial charge in [-0.1, -0.05) is 0 Å². The third-order valence-electron chi connectivity index (χ3n) is 1.22. The molecule has 0 aliphatic carbocycles. The van der Waals surface area contributed by atoms with Crippen LogP contribution in [0.3, 0.4) is 0 Å². The van der Waals surface area contributed by atoms with E-state index in [1.54, 1.807) is 21.2 Å². The Morgan fingerprint density at radius 3 is 1.62 bits per heavy atom. The lowest BCUT2D eigenvalue weighted by Gasteiger charge is -2.24. The Morgan fingerprint density at radius 1 is 1.25 bits per heavy atom. The zero-order valence-electron chi connectivity index (χ0n) is 5.86. The summed E-state index contributed by atoms with van der Waals surface area (Å²) in [4.78, 5) is 5.16. The molecule has 0 aromatic rings. The minimum Gasteiger partial charge on any atom is -0.164 e. The molecule has 0 heterocycles. The van der Waals surface area contributed by atoms with Crippen molar-refractivity contribution >= 4 is 0 Å². The van der Waals surface area contributed by atoms with Crippen molar-refractivity contribution in [2.45, 2.75) is 0 Å². The van der Waals surface area contributed by atoms with Crippen LogP contribution >= 0.6 is 0 Å². The zero-order valence-corrected chi connectivity index (χ0v) is 5.86. The molecule has 50 valence electrons. The molecule has 4 heteroatoms. The maximum absolute atomic E-state index is 4.95. The van der Waals surface area contributed by atoms with Crippen LogP contribution in [0.2, 0.25) is 0 Å². The summed E-state index contributed by atoms with van der Waals surface area (Å²) in [6, 6.07) is 0. The first-order valence-electron chi connectivity index (χ1n) is 2.49. The summed E-state index contributed by atoms with van der Waals surface area (Å²) in [5, 5.41) is 0. The van der Waals surface area contributed by atoms with E-state index in [4.69, 9.17) is 4.84 Å². The standard InChI is InChI=1S/C4H14N3O/c1-5-7(3,6-2)8-4/h5-6H,1-4H3/q+1. The first-order chi connectivity index (χ1) is 3.68. The maximum Gasteiger partial charge on any atom is 0.138 e. The Balaban J connectivity index is 3.58. The van der Waals surface area contributed by atoms with E-state index in [2.05, 4.69) is 10.9 Å². The highest BCUT2D eigenvalue weighted by atomic mass is 16.8. The van der Waals surface area contributed by atoms with Crippen LogP contribution in [0, 0.1) is 0 Å². The minimum absolute atomic E-state index is 0.208. The predicted octanol–water partition coefficient (Wildman–Crippen LogP) is -0.737. The van der Waals surface area contributed by atoms with E-state index < -0.39 is 0 Å². The molecule has 0 unspecified atom stereocenters. The molecule has 0 atom stereocenters. The van der Waals surface area contributed by atoms with Gasteiger partial charge in [0.05, 0.1) is 0 Å². The van der Waals surface area contributed by atoms with Gasteiger partial charge in [0.1, 0.15) is 14.2 Å². The number of nitrogens with zero attached hydrogens (tertiary/aromatic N) is 1. The van der Waals surface area contributed by atoms with Crippen molar-refractivity contribution in [2.75, 3.05) is 28.3 Å². The second-order valence-electron chi connectivity index (χ2n) is 1.55. The molecular formula is C4H14N3O+. The summed E-state index contributed by atoms with van der Waals surface area (Å²) in [5.41, 5.74) is 5.76. The molecule has 0 fully saturated rings. The van der Waals surface area contributed by atoms with Crippen LogP contribution in [-0.2, 0) is 4.84 Å². The average molecular weight is 120 g/mol. The molecular weight excluding hydrogens is 106 g/mol. The van der Waals surface area contributed by atoms with Gasteiger partial charge >= 0.3 is 0 Å². The summed E-state index contributed by atoms with van der Waals surface area (Å²) in [7, 11) is 7.08. The molecule has 0 spiro atoms. The van der Waals surface area contributed by atoms with E-state index >= 15 is 0 Å². The summed E-state index contributed by atoms with van der Waals surface area (Å²) in [5.74, 6) is 0. The van der Waals surface area contributed by atoms with Crippen LogP contribution in [0.5, 0.6) is 0 Å². The molecule has 0 saturated heterocycles. The highest BCUT2D eigenvalue weighted by molar-refractivity contribution is 3.92. The van der Waals surface area contributed by atoms with Gasteiger partial charge in [-0.3, -0.25) is 0 Å². The number of hydrogen-bond donors (Lipinski definition) is 2. The molecule has 4 nitrogen and oxygen atoms in total. The fraction of sp³-hybridized carbons (Fsp3) is 1.00. The van der Waals surface area contributed by atoms with Gasteiger partial charge in [-0.25, -0.2) is 0 Å². The van der Waals surface area contributed by atoms with E-state index in [0.29, 0.717) is 0 Å². The van der Waals surface area contributed by atoms with Crippen LogP contribution in [0.1, 0.15) is 0 Å². The first-order valence-corrected chi connectivity index (χ1v) is 2.49. The lowest BCUT2D eigenvalue weighted by atomic mass is 11.2. The van der Waals surface area contributed by atoms with Gasteiger partial charge in [0, 0.05) is 14.1 Å². The van der Waals surface area contributed by atoms with E-state index in [0.717, 1.165) is 0 Å². The van der Waals surface area contributed by atoms with Crippen LogP contribution in [0.4, 0.5) is 0 Å². The van der Waals surface area contributed by atoms with E-state index in [9.17, 15) is 0 Å². The summed E-state index contributed by atoms with van der Waals surface area (Å²) < 4.78 is 0. The van der Waals surface area contributed by atoms with E-state index in [1.165, 1.54) is 0 Å². The van der Waals surface area contributed by atoms with Crippen molar-refractivity contribution in [3.8, 4) is 0 Å². The Kier molecular flexibility index (Phi) is 2.93. The van der Waals surface area contributed by atoms with Crippen LogP contribution in [0.15, 0.2) is 0 Å². The van der Waals surface area contributed by atoms with Gasteiger partial charge < -0.3 is 0 Å². The summed E-state index contributed by atoms with van der Waals surface area (Å²) in [6.45, 7) is 0. The van der Waals surface area contributed by atoms with Crippen molar-refractivity contribution in [2.24, 2.45) is 0 Å². The molecule has 0 radical (unpaired) electrons. The van der Waals surface area contributed by atoms with Crippen LogP contribution in [-0.4, -0.2) is 33.1 Å². The monoisotopic (exact) mass is 120 g/mol. The van der Waals surface area contributed by atoms with Crippen molar-refractivity contribution < 1.29 is 9.70 Å². The fourth-order valence-electron chi connectivity index (χ4n) is 0.294. The number of rotatable bonds is 3. The quantitative estimate of drug-likeness (QED) is 0.380. The third-order valence-corrected chi connectivity index (χ3v) is 1.22. The summed E-state index contributed by atoms with van der Waals surface area (Å²) >= 11 is 0. The van der Waals surface area contributed by atoms with Crippen molar-refractivity contribution in [1.29, 1.82) is 0 Å². The Hall–Kier alpha value is -0.160. The molecule has 0 aliphatic heterocycles. The molecule has 2 N–H and O–H groups in total. The van der Waals surface area contributed by atoms with Gasteiger partial charge in [0.15, 0.2) is 0 Å². The normalized spacial score (nSPS) is 12.0. The van der Waals surface area contributed by atoms with Gasteiger partial charge in [-0.05, 0) is 4.86 Å². The number of hydrogen-bond acceptors (Lipinski definition) is 3. The smallest absolute Gasteiger partial charge is 0.138 e. The maximum atomic E-state index is 4.95. The van der Waals surface area contributed by atoms with Gasteiger partial charge in [-0.15, -0.1) is 10.9 Å². The second-order valence-corrected chi connectivity index (χ2v) is 1.55. The SMILES string of the molecule is CN[N+](C)(NC)OC. The number of nitrogens with one attached hydrogen (secondary N) is 2. The highest BCUT2D eigenvalue weighted by Gasteiger charge is 2.14. The lowest BCUT2D eigenvalue weighted by molar-refractivity contribution is -1.15. The van der Waals surface area contributed by atoms with Crippen LogP contribution < -0.4 is 10.9 Å². The predicted molar refractivity (Wildman–Crippen MR) is 31.3 cm³/mol. The van der Waals surface area contributed by atoms with Crippen molar-refractivity contribution in [3.63, 3.8) is 0 Å². The largest absolute Gasteiger partial charge is 0.164 e. The van der Waals surface area contributed by atoms with Gasteiger partial charge in [0.25, 0.3) is 0 Å². The lowest BCUT2D eigenvalue weighted by Crippen LogP contribution is -2.59. The topological polar surface area (TPSA) is 33.3 Å². The van der Waals surface area contributed by atoms with E-state index in [1.807, 2.05) is 7.05 Å². The van der Waals surface area contributed by atoms with Crippen LogP contribution in [0.25, 0.3) is 0 Å². The molecule has 0 rings (SSSR count). The summed E-state index contributed by atoms with van der Waals surface area (Å²) in [6.07, 6.45) is 0. The van der Waals surface area contributed by atoms with Crippen molar-refractivity contribution in [1.82, 2.24) is 10.9 Å². The average Bonchev–Trinajstić information content (AvgIpc) is 1.87. The molecule has 8 heavy (non-hydrogen) atoms. The highest BCUT2D eigenvalue weighted by Crippen LogP contribution is 1.84. The number of quaternary nitrogens is 1. The molecule has 0 aromatic heterocycles. The second kappa shape index (κ2) is 2.99. The van der Waals surface area contributed by atoms with E-state index in [-0.39, 0.29) is 4.86 Å². The molecule has 0 aromatic carbocycles. The Morgan fingerprint density at radius 2 is 1.62 bits per heavy atom. The van der Waals surface area contributed by atoms with Crippen molar-refractivity contribution in [3.05, 3.63) is 0 Å². The number of hydroxylamine groups is 1. The zero-order chi connectivity index (χ0) is 6.62. The van der Waals surface area contributed by atoms with Gasteiger partial charge in [-0.2, -0.15) is 4.84 Å². The molecule has 0 saturated carbocycles. The minimum atomic E-state index is 0.208. The first kappa shape index (κ1) is 7.84. The fourth-order valence-corrected chi connectivity index (χ4v) is 0.294.